The summed E-state index contributed by atoms with van der Waals surface area (Å²) in [5.74, 6) is 0. The van der Waals surface area contributed by atoms with Crippen LogP contribution in [-0.4, -0.2) is 0 Å². The average Bonchev–Trinajstić information content (AvgIpc) is 0. The van der Waals surface area contributed by atoms with Gasteiger partial charge in [0.25, 0.3) is 0 Å². The molecule has 0 bridgehead atoms. The molecule has 4 heavy (non-hydrogen) atoms. The van der Waals surface area contributed by atoms with Gasteiger partial charge in [0.15, 0.2) is 0 Å². The molecular weight excluding hydrogens is 499 g/mol. The van der Waals surface area contributed by atoms with E-state index in [1.54, 1.807) is 0 Å². The summed E-state index contributed by atoms with van der Waals surface area (Å²) < 4.78 is 0. The van der Waals surface area contributed by atoms with Crippen LogP contribution in [0.3, 0.4) is 0 Å². The molecule has 0 aromatic heterocycles. The Bertz CT molecular complexity index is 8.00. The topological polar surface area (TPSA) is 0 Å². The van der Waals surface area contributed by atoms with Gasteiger partial charge in [-0.1, -0.05) is 0 Å². The van der Waals surface area contributed by atoms with Crippen molar-refractivity contribution in [3.05, 3.63) is 0 Å². The van der Waals surface area contributed by atoms with Crippen LogP contribution in [0.2, 0.25) is 0 Å². The van der Waals surface area contributed by atoms with E-state index in [1.807, 2.05) is 0 Å². The molecule has 0 rings (SSSR count). The first kappa shape index (κ1) is 30.3. The van der Waals surface area contributed by atoms with Crippen molar-refractivity contribution in [1.82, 2.24) is 0 Å². The molecule has 0 aromatic rings. The Kier molecular flexibility index (Phi) is 132. The molecule has 4 heteroatoms. The zero-order valence-corrected chi connectivity index (χ0v) is 8.42. The van der Waals surface area contributed by atoms with Crippen molar-refractivity contribution in [2.45, 2.75) is 0 Å². The summed E-state index contributed by atoms with van der Waals surface area (Å²) in [6.45, 7) is 0. The largest absolute Gasteiger partial charge is 0 e. The van der Waals surface area contributed by atoms with Crippen molar-refractivity contribution in [2.75, 3.05) is 0 Å². The van der Waals surface area contributed by atoms with Crippen LogP contribution < -0.4 is 0 Å². The molecule has 0 aliphatic carbocycles. The Hall–Kier alpha value is 2.64. The van der Waals surface area contributed by atoms with Crippen LogP contribution in [0, 0.1) is 0 Å². The predicted molar refractivity (Wildman–Crippen MR) is 0 cm³/mol. The van der Waals surface area contributed by atoms with Gasteiger partial charge in [0.2, 0.25) is 0 Å². The van der Waals surface area contributed by atoms with Crippen molar-refractivity contribution in [1.29, 1.82) is 0 Å². The summed E-state index contributed by atoms with van der Waals surface area (Å²) in [5, 5.41) is 0. The molecule has 0 amide bonds. The fourth-order valence-corrected chi connectivity index (χ4v) is 0. The molecule has 1 radical (unpaired) electrons. The van der Waals surface area contributed by atoms with Gasteiger partial charge in [-0.2, -0.15) is 0 Å². The molecule has 0 saturated heterocycles. The molecule has 0 nitrogen and oxygen atoms in total. The fourth-order valence-electron chi connectivity index (χ4n) is 0. The van der Waals surface area contributed by atoms with Gasteiger partial charge in [0.05, 0.1) is 0 Å². The van der Waals surface area contributed by atoms with E-state index in [9.17, 15) is 0 Å². The smallest absolute Gasteiger partial charge is 0 e. The molecule has 0 heterocycles. The Balaban J connectivity index is 0. The van der Waals surface area contributed by atoms with E-state index in [0.717, 1.165) is 0 Å². The van der Waals surface area contributed by atoms with Crippen LogP contribution in [-0.2, 0) is 81.7 Å². The van der Waals surface area contributed by atoms with Gasteiger partial charge in [-0.05, 0) is 0 Å². The van der Waals surface area contributed by atoms with Crippen molar-refractivity contribution in [2.24, 2.45) is 0 Å². The zero-order chi connectivity index (χ0) is 0. The molecular formula is AuNiPtTi. The first-order valence-corrected chi connectivity index (χ1v) is 0. The van der Waals surface area contributed by atoms with Crippen LogP contribution in [0.1, 0.15) is 0 Å². The predicted octanol–water partition coefficient (Wildman–Crippen LogP) is -0.0100. The third-order valence-electron chi connectivity index (χ3n) is 0. The number of rotatable bonds is 0. The van der Waals surface area contributed by atoms with Crippen LogP contribution >= 0.6 is 0 Å². The van der Waals surface area contributed by atoms with Crippen LogP contribution in [0.25, 0.3) is 0 Å². The molecule has 0 unspecified atom stereocenters. The Morgan fingerprint density at radius 1 is 1.00 bits per heavy atom. The maximum Gasteiger partial charge on any atom is 0 e. The van der Waals surface area contributed by atoms with Crippen molar-refractivity contribution < 1.29 is 81.7 Å². The molecule has 0 aliphatic rings. The minimum absolute atomic E-state index is 0. The summed E-state index contributed by atoms with van der Waals surface area (Å²) in [6.07, 6.45) is 0. The molecule has 0 spiro atoms. The zero-order valence-electron chi connectivity index (χ0n) is 1.43. The maximum absolute atomic E-state index is 0. The van der Waals surface area contributed by atoms with Crippen molar-refractivity contribution in [3.63, 3.8) is 0 Å². The standard InChI is InChI=1S/Au.Ni.Pt.Ti. The van der Waals surface area contributed by atoms with E-state index in [-0.39, 0.29) is 81.7 Å². The molecule has 0 atom stereocenters. The first-order valence-electron chi connectivity index (χ1n) is 0. The van der Waals surface area contributed by atoms with Crippen LogP contribution in [0.4, 0.5) is 0 Å². The van der Waals surface area contributed by atoms with Gasteiger partial charge in [-0.3, -0.25) is 0 Å². The molecule has 0 saturated carbocycles. The Morgan fingerprint density at radius 2 is 1.00 bits per heavy atom. The summed E-state index contributed by atoms with van der Waals surface area (Å²) in [5.41, 5.74) is 0. The van der Waals surface area contributed by atoms with E-state index < -0.39 is 0 Å². The first-order chi connectivity index (χ1) is 0. The normalized spacial score (nSPS) is 0. The summed E-state index contributed by atoms with van der Waals surface area (Å²) >= 11 is 0. The van der Waals surface area contributed by atoms with Gasteiger partial charge in [-0.15, -0.1) is 0 Å². The summed E-state index contributed by atoms with van der Waals surface area (Å²) in [7, 11) is 0. The minimum atomic E-state index is 0. The molecule has 0 N–H and O–H groups in total. The monoisotopic (exact) mass is 498 g/mol. The van der Waals surface area contributed by atoms with Crippen LogP contribution in [0.15, 0.2) is 0 Å². The van der Waals surface area contributed by atoms with E-state index in [0.29, 0.717) is 0 Å². The summed E-state index contributed by atoms with van der Waals surface area (Å²) in [6, 6.07) is 0. The molecule has 0 aromatic carbocycles. The van der Waals surface area contributed by atoms with Gasteiger partial charge < -0.3 is 0 Å². The third kappa shape index (κ3) is 8.82. The number of hydrogen-bond donors (Lipinski definition) is 0. The van der Waals surface area contributed by atoms with Gasteiger partial charge in [0, 0.05) is 81.7 Å². The second kappa shape index (κ2) is 17.4. The second-order valence-corrected chi connectivity index (χ2v) is 0. The molecule has 0 fully saturated rings. The maximum atomic E-state index is 0. The Labute approximate surface area is 80.4 Å². The van der Waals surface area contributed by atoms with Crippen molar-refractivity contribution >= 4 is 0 Å². The molecule has 35 valence electrons. The minimum Gasteiger partial charge on any atom is 0 e. The van der Waals surface area contributed by atoms with E-state index in [2.05, 4.69) is 0 Å². The van der Waals surface area contributed by atoms with Gasteiger partial charge in [0.1, 0.15) is 0 Å². The quantitative estimate of drug-likeness (QED) is 0.413. The van der Waals surface area contributed by atoms with Gasteiger partial charge >= 0.3 is 0 Å². The van der Waals surface area contributed by atoms with E-state index in [1.165, 1.54) is 0 Å². The second-order valence-electron chi connectivity index (χ2n) is 0. The summed E-state index contributed by atoms with van der Waals surface area (Å²) in [4.78, 5) is 0. The fraction of sp³-hybridized carbons (Fsp3) is 0. The third-order valence-corrected chi connectivity index (χ3v) is 0. The Morgan fingerprint density at radius 3 is 1.00 bits per heavy atom. The van der Waals surface area contributed by atoms with E-state index in [4.69, 9.17) is 0 Å². The van der Waals surface area contributed by atoms with Crippen LogP contribution in [0.5, 0.6) is 0 Å². The number of hydrogen-bond acceptors (Lipinski definition) is 0. The van der Waals surface area contributed by atoms with Crippen molar-refractivity contribution in [3.8, 4) is 0 Å². The average molecular weight is 499 g/mol. The molecule has 0 aliphatic heterocycles. The van der Waals surface area contributed by atoms with Gasteiger partial charge in [-0.25, -0.2) is 0 Å². The SMILES string of the molecule is [Au].[Ni].[Pt].[Ti]. The van der Waals surface area contributed by atoms with E-state index >= 15 is 0 Å².